The van der Waals surface area contributed by atoms with Crippen LogP contribution in [0.4, 0.5) is 4.79 Å². The molecule has 142 valence electrons. The van der Waals surface area contributed by atoms with Gasteiger partial charge >= 0.3 is 6.09 Å². The molecule has 0 aliphatic carbocycles. The van der Waals surface area contributed by atoms with Crippen molar-refractivity contribution in [3.05, 3.63) is 60.2 Å². The van der Waals surface area contributed by atoms with Crippen molar-refractivity contribution in [2.45, 2.75) is 31.9 Å². The second-order valence-corrected chi connectivity index (χ2v) is 6.32. The molecule has 0 radical (unpaired) electrons. The molecule has 1 aliphatic heterocycles. The van der Waals surface area contributed by atoms with E-state index >= 15 is 0 Å². The van der Waals surface area contributed by atoms with Crippen LogP contribution >= 0.6 is 0 Å². The molecule has 0 bridgehead atoms. The van der Waals surface area contributed by atoms with Crippen LogP contribution in [0.5, 0.6) is 11.5 Å². The predicted molar refractivity (Wildman–Crippen MR) is 99.8 cm³/mol. The smallest absolute Gasteiger partial charge is 0.417 e. The number of nitrogens with zero attached hydrogens (tertiary/aromatic N) is 1. The van der Waals surface area contributed by atoms with Crippen molar-refractivity contribution in [2.75, 3.05) is 13.7 Å². The summed E-state index contributed by atoms with van der Waals surface area (Å²) in [5.41, 5.74) is 1.04. The van der Waals surface area contributed by atoms with Crippen molar-refractivity contribution in [1.29, 1.82) is 0 Å². The molecule has 0 unspecified atom stereocenters. The Morgan fingerprint density at radius 3 is 2.44 bits per heavy atom. The average molecular weight is 369 g/mol. The van der Waals surface area contributed by atoms with E-state index in [-0.39, 0.29) is 18.6 Å². The van der Waals surface area contributed by atoms with Crippen LogP contribution in [0, 0.1) is 0 Å². The van der Waals surface area contributed by atoms with E-state index in [0.29, 0.717) is 24.3 Å². The molecule has 1 fully saturated rings. The fourth-order valence-corrected chi connectivity index (χ4v) is 3.05. The van der Waals surface area contributed by atoms with Crippen LogP contribution in [0.15, 0.2) is 54.6 Å². The molecule has 0 spiro atoms. The average Bonchev–Trinajstić information content (AvgIpc) is 3.06. The number of imide groups is 1. The number of amides is 2. The Hall–Kier alpha value is -3.02. The monoisotopic (exact) mass is 369 g/mol. The minimum absolute atomic E-state index is 0.193. The van der Waals surface area contributed by atoms with Crippen LogP contribution in [0.2, 0.25) is 0 Å². The zero-order chi connectivity index (χ0) is 19.2. The number of hydrogen-bond acceptors (Lipinski definition) is 5. The van der Waals surface area contributed by atoms with Gasteiger partial charge in [-0.15, -0.1) is 0 Å². The summed E-state index contributed by atoms with van der Waals surface area (Å²) in [5.74, 6) is 0.868. The van der Waals surface area contributed by atoms with Crippen LogP contribution in [-0.4, -0.2) is 42.8 Å². The fourth-order valence-electron chi connectivity index (χ4n) is 3.05. The van der Waals surface area contributed by atoms with Crippen LogP contribution in [0.1, 0.15) is 18.9 Å². The number of rotatable bonds is 7. The number of ether oxygens (including phenoxy) is 3. The molecule has 2 amide bonds. The first-order chi connectivity index (χ1) is 13.1. The SMILES string of the molecule is CC[C@H](Oc1ccc(OC)cc1)C(=O)N1C(=O)OC[C@@H]1Cc1ccccc1. The highest BCUT2D eigenvalue weighted by atomic mass is 16.6. The van der Waals surface area contributed by atoms with E-state index in [1.54, 1.807) is 31.4 Å². The lowest BCUT2D eigenvalue weighted by molar-refractivity contribution is -0.136. The number of hydrogen-bond donors (Lipinski definition) is 0. The van der Waals surface area contributed by atoms with E-state index < -0.39 is 12.2 Å². The lowest BCUT2D eigenvalue weighted by Crippen LogP contribution is -2.47. The van der Waals surface area contributed by atoms with Gasteiger partial charge in [0.15, 0.2) is 6.10 Å². The standard InChI is InChI=1S/C21H23NO5/c1-3-19(27-18-11-9-17(25-2)10-12-18)20(23)22-16(14-26-21(22)24)13-15-7-5-4-6-8-15/h4-12,16,19H,3,13-14H2,1-2H3/t16-,19-/m0/s1. The molecule has 2 aromatic rings. The minimum Gasteiger partial charge on any atom is -0.497 e. The molecule has 2 atom stereocenters. The first kappa shape index (κ1) is 18.8. The predicted octanol–water partition coefficient (Wildman–Crippen LogP) is 3.44. The Bertz CT molecular complexity index is 775. The maximum Gasteiger partial charge on any atom is 0.417 e. The molecular weight excluding hydrogens is 346 g/mol. The van der Waals surface area contributed by atoms with Crippen LogP contribution in [0.25, 0.3) is 0 Å². The van der Waals surface area contributed by atoms with E-state index in [0.717, 1.165) is 5.56 Å². The summed E-state index contributed by atoms with van der Waals surface area (Å²) in [6.07, 6.45) is -0.385. The van der Waals surface area contributed by atoms with Crippen molar-refractivity contribution in [3.63, 3.8) is 0 Å². The molecule has 1 aliphatic rings. The normalized spacial score (nSPS) is 17.3. The fraction of sp³-hybridized carbons (Fsp3) is 0.333. The summed E-state index contributed by atoms with van der Waals surface area (Å²) >= 11 is 0. The highest BCUT2D eigenvalue weighted by Crippen LogP contribution is 2.23. The molecule has 3 rings (SSSR count). The van der Waals surface area contributed by atoms with Crippen molar-refractivity contribution < 1.29 is 23.8 Å². The van der Waals surface area contributed by atoms with Gasteiger partial charge in [0.25, 0.3) is 5.91 Å². The highest BCUT2D eigenvalue weighted by Gasteiger charge is 2.41. The van der Waals surface area contributed by atoms with Gasteiger partial charge < -0.3 is 14.2 Å². The van der Waals surface area contributed by atoms with Gasteiger partial charge in [0, 0.05) is 0 Å². The topological polar surface area (TPSA) is 65.1 Å². The van der Waals surface area contributed by atoms with Crippen molar-refractivity contribution in [1.82, 2.24) is 4.90 Å². The van der Waals surface area contributed by atoms with Crippen molar-refractivity contribution >= 4 is 12.0 Å². The Kier molecular flexibility index (Phi) is 5.96. The Balaban J connectivity index is 1.72. The summed E-state index contributed by atoms with van der Waals surface area (Å²) in [6, 6.07) is 16.4. The third kappa shape index (κ3) is 4.39. The second kappa shape index (κ2) is 8.58. The lowest BCUT2D eigenvalue weighted by atomic mass is 10.1. The second-order valence-electron chi connectivity index (χ2n) is 6.32. The quantitative estimate of drug-likeness (QED) is 0.748. The maximum atomic E-state index is 13.0. The zero-order valence-electron chi connectivity index (χ0n) is 15.5. The van der Waals surface area contributed by atoms with Gasteiger partial charge in [-0.3, -0.25) is 4.79 Å². The zero-order valence-corrected chi connectivity index (χ0v) is 15.5. The summed E-state index contributed by atoms with van der Waals surface area (Å²) in [7, 11) is 1.58. The molecule has 27 heavy (non-hydrogen) atoms. The molecular formula is C21H23NO5. The van der Waals surface area contributed by atoms with E-state index in [1.165, 1.54) is 4.90 Å². The van der Waals surface area contributed by atoms with Crippen LogP contribution in [0.3, 0.4) is 0 Å². The largest absolute Gasteiger partial charge is 0.497 e. The molecule has 0 saturated carbocycles. The summed E-state index contributed by atoms with van der Waals surface area (Å²) < 4.78 is 16.1. The van der Waals surface area contributed by atoms with E-state index in [2.05, 4.69) is 0 Å². The van der Waals surface area contributed by atoms with E-state index in [1.807, 2.05) is 37.3 Å². The van der Waals surface area contributed by atoms with Crippen molar-refractivity contribution in [3.8, 4) is 11.5 Å². The molecule has 1 saturated heterocycles. The molecule has 6 heteroatoms. The number of carbonyl (C=O) groups excluding carboxylic acids is 2. The summed E-state index contributed by atoms with van der Waals surface area (Å²) in [6.45, 7) is 2.04. The number of carbonyl (C=O) groups is 2. The Labute approximate surface area is 158 Å². The van der Waals surface area contributed by atoms with Gasteiger partial charge in [0.2, 0.25) is 0 Å². The van der Waals surface area contributed by atoms with Gasteiger partial charge in [0.05, 0.1) is 13.2 Å². The van der Waals surface area contributed by atoms with E-state index in [9.17, 15) is 9.59 Å². The highest BCUT2D eigenvalue weighted by molar-refractivity contribution is 5.96. The molecule has 0 N–H and O–H groups in total. The third-order valence-corrected chi connectivity index (χ3v) is 4.50. The van der Waals surface area contributed by atoms with Gasteiger partial charge in [0.1, 0.15) is 18.1 Å². The summed E-state index contributed by atoms with van der Waals surface area (Å²) in [5, 5.41) is 0. The van der Waals surface area contributed by atoms with Crippen molar-refractivity contribution in [2.24, 2.45) is 0 Å². The van der Waals surface area contributed by atoms with E-state index in [4.69, 9.17) is 14.2 Å². The van der Waals surface area contributed by atoms with Gasteiger partial charge in [-0.1, -0.05) is 37.3 Å². The number of methoxy groups -OCH3 is 1. The minimum atomic E-state index is -0.762. The molecule has 2 aromatic carbocycles. The van der Waals surface area contributed by atoms with Gasteiger partial charge in [-0.05, 0) is 42.7 Å². The van der Waals surface area contributed by atoms with Gasteiger partial charge in [-0.2, -0.15) is 0 Å². The Morgan fingerprint density at radius 1 is 1.15 bits per heavy atom. The van der Waals surface area contributed by atoms with Crippen LogP contribution in [-0.2, 0) is 16.0 Å². The molecule has 1 heterocycles. The lowest BCUT2D eigenvalue weighted by Gasteiger charge is -2.25. The first-order valence-electron chi connectivity index (χ1n) is 8.96. The molecule has 0 aromatic heterocycles. The first-order valence-corrected chi connectivity index (χ1v) is 8.96. The third-order valence-electron chi connectivity index (χ3n) is 4.50. The summed E-state index contributed by atoms with van der Waals surface area (Å²) in [4.78, 5) is 26.4. The van der Waals surface area contributed by atoms with Crippen LogP contribution < -0.4 is 9.47 Å². The maximum absolute atomic E-state index is 13.0. The number of cyclic esters (lactones) is 1. The molecule has 6 nitrogen and oxygen atoms in total. The van der Waals surface area contributed by atoms with Gasteiger partial charge in [-0.25, -0.2) is 9.69 Å². The number of benzene rings is 2. The Morgan fingerprint density at radius 2 is 1.81 bits per heavy atom.